The zero-order valence-corrected chi connectivity index (χ0v) is 15.0. The van der Waals surface area contributed by atoms with Crippen LogP contribution in [0, 0.1) is 13.8 Å². The summed E-state index contributed by atoms with van der Waals surface area (Å²) in [7, 11) is 0. The summed E-state index contributed by atoms with van der Waals surface area (Å²) in [5.41, 5.74) is 6.47. The fourth-order valence-electron chi connectivity index (χ4n) is 2.32. The minimum atomic E-state index is 0.650. The van der Waals surface area contributed by atoms with Crippen molar-refractivity contribution in [2.24, 2.45) is 0 Å². The Labute approximate surface area is 122 Å². The van der Waals surface area contributed by atoms with E-state index in [1.807, 2.05) is 0 Å². The summed E-state index contributed by atoms with van der Waals surface area (Å²) in [6.45, 7) is 9.03. The molecule has 4 heteroatoms. The summed E-state index contributed by atoms with van der Waals surface area (Å²) in [5, 5.41) is 3.83. The van der Waals surface area contributed by atoms with E-state index in [0.29, 0.717) is 5.66 Å². The van der Waals surface area contributed by atoms with Crippen LogP contribution in [0.5, 0.6) is 0 Å². The van der Waals surface area contributed by atoms with E-state index in [1.54, 1.807) is 9.94 Å². The van der Waals surface area contributed by atoms with Crippen LogP contribution in [-0.4, -0.2) is 31.7 Å². The summed E-state index contributed by atoms with van der Waals surface area (Å²) < 4.78 is 1.77. The first-order chi connectivity index (χ1) is 8.67. The Morgan fingerprint density at radius 1 is 1.11 bits per heavy atom. The maximum atomic E-state index is 3.83. The second-order valence-electron chi connectivity index (χ2n) is 4.63. The van der Waals surface area contributed by atoms with E-state index in [-0.39, 0.29) is 0 Å². The Morgan fingerprint density at radius 2 is 1.78 bits per heavy atom. The quantitative estimate of drug-likeness (QED) is 0.803. The van der Waals surface area contributed by atoms with Crippen LogP contribution in [0.1, 0.15) is 37.8 Å². The molecule has 0 saturated carbocycles. The number of hydrogen-bond donors (Lipinski definition) is 1. The fraction of sp³-hybridized carbons (Fsp3) is 0.429. The van der Waals surface area contributed by atoms with E-state index < -0.39 is 0 Å². The molecule has 18 heavy (non-hydrogen) atoms. The third-order valence-corrected chi connectivity index (χ3v) is 11.7. The van der Waals surface area contributed by atoms with Crippen molar-refractivity contribution in [3.05, 3.63) is 39.3 Å². The number of benzene rings is 1. The molecule has 96 valence electrons. The van der Waals surface area contributed by atoms with Crippen molar-refractivity contribution in [1.82, 2.24) is 0 Å². The van der Waals surface area contributed by atoms with Gasteiger partial charge in [-0.3, -0.25) is 0 Å². The van der Waals surface area contributed by atoms with Crippen molar-refractivity contribution in [2.45, 2.75) is 40.5 Å². The van der Waals surface area contributed by atoms with Crippen LogP contribution in [0.3, 0.4) is 0 Å². The van der Waals surface area contributed by atoms with Gasteiger partial charge in [0, 0.05) is 0 Å². The SMILES string of the molecule is CCC1=C(CC)B(Nc2c(C)cccc2C)[Se][Se]1. The zero-order valence-electron chi connectivity index (χ0n) is 11.5. The number of anilines is 1. The topological polar surface area (TPSA) is 12.0 Å². The molecule has 1 aromatic rings. The molecule has 1 aliphatic rings. The molecule has 0 aliphatic carbocycles. The molecule has 0 spiro atoms. The molecule has 0 aromatic heterocycles. The monoisotopic (exact) mass is 373 g/mol. The number of allylic oxidation sites excluding steroid dienone is 2. The van der Waals surface area contributed by atoms with Crippen molar-refractivity contribution in [3.8, 4) is 0 Å². The first-order valence-corrected chi connectivity index (χ1v) is 12.7. The van der Waals surface area contributed by atoms with E-state index in [0.717, 1.165) is 26.1 Å². The van der Waals surface area contributed by atoms with Gasteiger partial charge in [0.25, 0.3) is 0 Å². The molecule has 1 nitrogen and oxygen atoms in total. The van der Waals surface area contributed by atoms with Crippen molar-refractivity contribution in [2.75, 3.05) is 5.23 Å². The van der Waals surface area contributed by atoms with E-state index >= 15 is 0 Å². The molecule has 0 radical (unpaired) electrons. The molecular formula is C14H20BNSe2. The second-order valence-corrected chi connectivity index (χ2v) is 11.3. The van der Waals surface area contributed by atoms with Crippen LogP contribution in [0.15, 0.2) is 28.1 Å². The molecular weight excluding hydrogens is 351 g/mol. The number of aryl methyl sites for hydroxylation is 2. The third kappa shape index (κ3) is 2.88. The first-order valence-electron chi connectivity index (χ1n) is 6.55. The zero-order chi connectivity index (χ0) is 13.1. The van der Waals surface area contributed by atoms with E-state index in [9.17, 15) is 0 Å². The van der Waals surface area contributed by atoms with Gasteiger partial charge < -0.3 is 0 Å². The third-order valence-electron chi connectivity index (χ3n) is 3.38. The van der Waals surface area contributed by atoms with Crippen LogP contribution in [0.2, 0.25) is 0 Å². The van der Waals surface area contributed by atoms with E-state index in [2.05, 4.69) is 51.1 Å². The average molecular weight is 371 g/mol. The Kier molecular flexibility index (Phi) is 5.03. The van der Waals surface area contributed by atoms with E-state index in [1.165, 1.54) is 29.7 Å². The molecule has 1 aromatic carbocycles. The molecule has 1 heterocycles. The van der Waals surface area contributed by atoms with Crippen LogP contribution < -0.4 is 5.23 Å². The van der Waals surface area contributed by atoms with Gasteiger partial charge in [0.15, 0.2) is 0 Å². The van der Waals surface area contributed by atoms with Crippen molar-refractivity contribution in [3.63, 3.8) is 0 Å². The minimum absolute atomic E-state index is 0.650. The van der Waals surface area contributed by atoms with Crippen molar-refractivity contribution >= 4 is 37.4 Å². The van der Waals surface area contributed by atoms with Gasteiger partial charge in [0.05, 0.1) is 0 Å². The number of rotatable bonds is 4. The first kappa shape index (κ1) is 14.3. The van der Waals surface area contributed by atoms with Crippen LogP contribution in [0.25, 0.3) is 0 Å². The Balaban J connectivity index is 2.23. The summed E-state index contributed by atoms with van der Waals surface area (Å²) >= 11 is 1.53. The number of para-hydroxylation sites is 1. The Bertz CT molecular complexity index is 451. The summed E-state index contributed by atoms with van der Waals surface area (Å²) in [5.74, 6) is 0. The van der Waals surface area contributed by atoms with Crippen molar-refractivity contribution < 1.29 is 0 Å². The van der Waals surface area contributed by atoms with Gasteiger partial charge in [0.1, 0.15) is 0 Å². The predicted molar refractivity (Wildman–Crippen MR) is 84.4 cm³/mol. The van der Waals surface area contributed by atoms with Gasteiger partial charge in [-0.2, -0.15) is 0 Å². The van der Waals surface area contributed by atoms with Crippen LogP contribution in [0.4, 0.5) is 5.69 Å². The Morgan fingerprint density at radius 3 is 2.33 bits per heavy atom. The van der Waals surface area contributed by atoms with Crippen molar-refractivity contribution in [1.29, 1.82) is 0 Å². The molecule has 0 bridgehead atoms. The maximum absolute atomic E-state index is 3.83. The molecule has 1 aliphatic heterocycles. The number of hydrogen-bond acceptors (Lipinski definition) is 1. The van der Waals surface area contributed by atoms with Crippen LogP contribution in [-0.2, 0) is 0 Å². The molecule has 1 N–H and O–H groups in total. The molecule has 0 saturated heterocycles. The molecule has 0 amide bonds. The van der Waals surface area contributed by atoms with Gasteiger partial charge in [-0.05, 0) is 0 Å². The Hall–Kier alpha value is -0.136. The summed E-state index contributed by atoms with van der Waals surface area (Å²) in [6, 6.07) is 6.56. The molecule has 0 unspecified atom stereocenters. The molecule has 2 rings (SSSR count). The normalized spacial score (nSPS) is 15.4. The van der Waals surface area contributed by atoms with Gasteiger partial charge in [0.2, 0.25) is 0 Å². The van der Waals surface area contributed by atoms with Gasteiger partial charge >= 0.3 is 122 Å². The van der Waals surface area contributed by atoms with Gasteiger partial charge in [-0.1, -0.05) is 0 Å². The average Bonchev–Trinajstić information content (AvgIpc) is 2.75. The van der Waals surface area contributed by atoms with Crippen LogP contribution >= 0.6 is 0 Å². The summed E-state index contributed by atoms with van der Waals surface area (Å²) in [4.78, 5) is 0. The summed E-state index contributed by atoms with van der Waals surface area (Å²) in [6.07, 6.45) is 2.48. The predicted octanol–water partition coefficient (Wildman–Crippen LogP) is 3.15. The standard InChI is InChI=1S/C14H20BNSe2/c1-5-12-13(6-2)17-18-15(12)16-14-10(3)8-7-9-11(14)4/h7-9,16H,5-6H2,1-4H3. The molecule has 0 fully saturated rings. The van der Waals surface area contributed by atoms with Gasteiger partial charge in [-0.25, -0.2) is 0 Å². The second kappa shape index (κ2) is 6.34. The van der Waals surface area contributed by atoms with Gasteiger partial charge in [-0.15, -0.1) is 0 Å². The fourth-order valence-corrected chi connectivity index (χ4v) is 12.0. The molecule has 0 atom stereocenters. The number of nitrogens with one attached hydrogen (secondary N) is 1. The van der Waals surface area contributed by atoms with E-state index in [4.69, 9.17) is 0 Å².